The zero-order valence-corrected chi connectivity index (χ0v) is 17.9. The van der Waals surface area contributed by atoms with E-state index in [1.54, 1.807) is 0 Å². The molecule has 0 saturated carbocycles. The van der Waals surface area contributed by atoms with E-state index < -0.39 is 8.07 Å². The van der Waals surface area contributed by atoms with Gasteiger partial charge in [0.05, 0.1) is 25.4 Å². The third-order valence-corrected chi connectivity index (χ3v) is 5.58. The molecule has 0 aliphatic heterocycles. The highest BCUT2D eigenvalue weighted by Gasteiger charge is 2.22. The van der Waals surface area contributed by atoms with E-state index in [1.165, 1.54) is 17.5 Å². The zero-order valence-electron chi connectivity index (χ0n) is 16.9. The van der Waals surface area contributed by atoms with E-state index in [1.807, 2.05) is 0 Å². The number of hydrogen-bond acceptors (Lipinski definition) is 2. The molecule has 138 valence electrons. The van der Waals surface area contributed by atoms with Gasteiger partial charge in [-0.25, -0.2) is 0 Å². The number of hydrogen-bond donors (Lipinski definition) is 0. The molecule has 1 rings (SSSR count). The van der Waals surface area contributed by atoms with Crippen LogP contribution in [0, 0.1) is 5.92 Å². The lowest BCUT2D eigenvalue weighted by atomic mass is 10.00. The minimum Gasteiger partial charge on any atom is -0.376 e. The zero-order chi connectivity index (χ0) is 18.2. The summed E-state index contributed by atoms with van der Waals surface area (Å²) < 4.78 is 11.9. The standard InChI is InChI=1S/C21H38O2Si/c1-17(2)11-12-19-9-8-10-20(15-19)21(16-24(5,6)7)23-14-13-22-18(3)4/h8-10,15,17-18,21H,11-14,16H2,1-7H3. The van der Waals surface area contributed by atoms with Gasteiger partial charge in [-0.05, 0) is 49.8 Å². The van der Waals surface area contributed by atoms with Gasteiger partial charge < -0.3 is 9.47 Å². The van der Waals surface area contributed by atoms with Crippen molar-refractivity contribution in [2.75, 3.05) is 13.2 Å². The maximum Gasteiger partial charge on any atom is 0.0802 e. The molecule has 0 amide bonds. The fourth-order valence-corrected chi connectivity index (χ4v) is 4.17. The summed E-state index contributed by atoms with van der Waals surface area (Å²) in [6, 6.07) is 10.2. The molecule has 0 saturated heterocycles. The van der Waals surface area contributed by atoms with Crippen LogP contribution in [0.5, 0.6) is 0 Å². The van der Waals surface area contributed by atoms with Crippen molar-refractivity contribution < 1.29 is 9.47 Å². The molecule has 24 heavy (non-hydrogen) atoms. The molecule has 0 aliphatic carbocycles. The molecule has 0 N–H and O–H groups in total. The Morgan fingerprint density at radius 3 is 2.21 bits per heavy atom. The molecule has 2 nitrogen and oxygen atoms in total. The van der Waals surface area contributed by atoms with E-state index in [4.69, 9.17) is 9.47 Å². The van der Waals surface area contributed by atoms with Gasteiger partial charge in [-0.3, -0.25) is 0 Å². The summed E-state index contributed by atoms with van der Waals surface area (Å²) in [6.07, 6.45) is 2.86. The lowest BCUT2D eigenvalue weighted by Gasteiger charge is -2.26. The number of benzene rings is 1. The minimum atomic E-state index is -1.20. The Balaban J connectivity index is 2.75. The molecule has 1 aromatic rings. The van der Waals surface area contributed by atoms with E-state index in [2.05, 4.69) is 71.6 Å². The van der Waals surface area contributed by atoms with Gasteiger partial charge in [0.25, 0.3) is 0 Å². The first-order chi connectivity index (χ1) is 11.2. The molecule has 0 fully saturated rings. The third kappa shape index (κ3) is 9.60. The Morgan fingerprint density at radius 2 is 1.62 bits per heavy atom. The van der Waals surface area contributed by atoms with Crippen LogP contribution in [0.3, 0.4) is 0 Å². The molecule has 0 aromatic heterocycles. The van der Waals surface area contributed by atoms with Crippen LogP contribution in [0.25, 0.3) is 0 Å². The Labute approximate surface area is 151 Å². The topological polar surface area (TPSA) is 18.5 Å². The van der Waals surface area contributed by atoms with Gasteiger partial charge in [0.1, 0.15) is 0 Å². The summed E-state index contributed by atoms with van der Waals surface area (Å²) >= 11 is 0. The lowest BCUT2D eigenvalue weighted by molar-refractivity contribution is -0.00776. The smallest absolute Gasteiger partial charge is 0.0802 e. The first kappa shape index (κ1) is 21.4. The summed E-state index contributed by atoms with van der Waals surface area (Å²) in [7, 11) is -1.20. The molecular formula is C21H38O2Si. The first-order valence-electron chi connectivity index (χ1n) is 9.49. The highest BCUT2D eigenvalue weighted by molar-refractivity contribution is 6.76. The summed E-state index contributed by atoms with van der Waals surface area (Å²) in [4.78, 5) is 0. The second kappa shape index (κ2) is 10.4. The molecule has 0 heterocycles. The van der Waals surface area contributed by atoms with Gasteiger partial charge in [0.2, 0.25) is 0 Å². The van der Waals surface area contributed by atoms with Crippen molar-refractivity contribution in [2.45, 2.75) is 78.4 Å². The van der Waals surface area contributed by atoms with Crippen LogP contribution in [-0.2, 0) is 15.9 Å². The molecule has 1 aromatic carbocycles. The molecule has 1 unspecified atom stereocenters. The van der Waals surface area contributed by atoms with Crippen LogP contribution in [-0.4, -0.2) is 27.4 Å². The SMILES string of the molecule is CC(C)CCc1cccc(C(C[Si](C)(C)C)OCCOC(C)C)c1. The average molecular weight is 351 g/mol. The van der Waals surface area contributed by atoms with E-state index in [-0.39, 0.29) is 12.2 Å². The van der Waals surface area contributed by atoms with E-state index in [9.17, 15) is 0 Å². The second-order valence-electron chi connectivity index (χ2n) is 8.72. The number of aryl methyl sites for hydroxylation is 1. The van der Waals surface area contributed by atoms with Crippen LogP contribution in [0.4, 0.5) is 0 Å². The predicted molar refractivity (Wildman–Crippen MR) is 108 cm³/mol. The van der Waals surface area contributed by atoms with Crippen molar-refractivity contribution in [2.24, 2.45) is 5.92 Å². The highest BCUT2D eigenvalue weighted by Crippen LogP contribution is 2.29. The Morgan fingerprint density at radius 1 is 0.958 bits per heavy atom. The van der Waals surface area contributed by atoms with Gasteiger partial charge in [-0.2, -0.15) is 0 Å². The molecule has 3 heteroatoms. The monoisotopic (exact) mass is 350 g/mol. The number of ether oxygens (including phenoxy) is 2. The molecule has 0 aliphatic rings. The Kier molecular flexibility index (Phi) is 9.25. The van der Waals surface area contributed by atoms with E-state index in [0.29, 0.717) is 13.2 Å². The lowest BCUT2D eigenvalue weighted by Crippen LogP contribution is -2.25. The van der Waals surface area contributed by atoms with Crippen LogP contribution in [0.2, 0.25) is 25.7 Å². The van der Waals surface area contributed by atoms with Crippen LogP contribution in [0.15, 0.2) is 24.3 Å². The molecule has 0 radical (unpaired) electrons. The van der Waals surface area contributed by atoms with E-state index >= 15 is 0 Å². The maximum absolute atomic E-state index is 6.24. The highest BCUT2D eigenvalue weighted by atomic mass is 28.3. The summed E-state index contributed by atoms with van der Waals surface area (Å²) in [5.41, 5.74) is 2.77. The molecule has 0 bridgehead atoms. The van der Waals surface area contributed by atoms with E-state index in [0.717, 1.165) is 18.4 Å². The average Bonchev–Trinajstić information content (AvgIpc) is 2.47. The summed E-state index contributed by atoms with van der Waals surface area (Å²) in [6.45, 7) is 17.3. The van der Waals surface area contributed by atoms with Crippen molar-refractivity contribution >= 4 is 8.07 Å². The second-order valence-corrected chi connectivity index (χ2v) is 14.3. The molecule has 0 spiro atoms. The van der Waals surface area contributed by atoms with Gasteiger partial charge in [-0.15, -0.1) is 0 Å². The van der Waals surface area contributed by atoms with Gasteiger partial charge in [0, 0.05) is 8.07 Å². The first-order valence-corrected chi connectivity index (χ1v) is 13.2. The molecular weight excluding hydrogens is 312 g/mol. The van der Waals surface area contributed by atoms with Gasteiger partial charge in [0.15, 0.2) is 0 Å². The summed E-state index contributed by atoms with van der Waals surface area (Å²) in [5.74, 6) is 0.746. The quantitative estimate of drug-likeness (QED) is 0.355. The molecule has 1 atom stereocenters. The van der Waals surface area contributed by atoms with Crippen molar-refractivity contribution in [3.05, 3.63) is 35.4 Å². The number of rotatable bonds is 11. The van der Waals surface area contributed by atoms with Crippen LogP contribution < -0.4 is 0 Å². The van der Waals surface area contributed by atoms with Crippen LogP contribution >= 0.6 is 0 Å². The van der Waals surface area contributed by atoms with Gasteiger partial charge in [-0.1, -0.05) is 57.8 Å². The Bertz CT molecular complexity index is 463. The van der Waals surface area contributed by atoms with Crippen molar-refractivity contribution in [3.8, 4) is 0 Å². The fourth-order valence-electron chi connectivity index (χ4n) is 2.71. The minimum absolute atomic E-state index is 0.200. The van der Waals surface area contributed by atoms with Crippen molar-refractivity contribution in [1.82, 2.24) is 0 Å². The fraction of sp³-hybridized carbons (Fsp3) is 0.714. The normalized spacial score (nSPS) is 13.7. The van der Waals surface area contributed by atoms with Crippen molar-refractivity contribution in [3.63, 3.8) is 0 Å². The van der Waals surface area contributed by atoms with Crippen LogP contribution in [0.1, 0.15) is 51.3 Å². The third-order valence-electron chi connectivity index (χ3n) is 3.98. The Hall–Kier alpha value is -0.643. The summed E-state index contributed by atoms with van der Waals surface area (Å²) in [5, 5.41) is 0. The van der Waals surface area contributed by atoms with Gasteiger partial charge >= 0.3 is 0 Å². The largest absolute Gasteiger partial charge is 0.376 e. The maximum atomic E-state index is 6.24. The predicted octanol–water partition coefficient (Wildman–Crippen LogP) is 6.10. The van der Waals surface area contributed by atoms with Crippen molar-refractivity contribution in [1.29, 1.82) is 0 Å².